The average Bonchev–Trinajstić information content (AvgIpc) is 2.64. The Kier molecular flexibility index (Phi) is 3.79. The molecule has 0 unspecified atom stereocenters. The zero-order valence-electron chi connectivity index (χ0n) is 9.89. The van der Waals surface area contributed by atoms with Gasteiger partial charge in [0.2, 0.25) is 5.89 Å². The quantitative estimate of drug-likeness (QED) is 0.467. The SMILES string of the molecule is Cc1nnc(C(=O)NC(C)(C)C(N)=NCO)o1. The molecule has 1 amide bonds. The molecule has 0 fully saturated rings. The molecule has 94 valence electrons. The van der Waals surface area contributed by atoms with Crippen LogP contribution >= 0.6 is 0 Å². The molecule has 0 bridgehead atoms. The van der Waals surface area contributed by atoms with Crippen molar-refractivity contribution >= 4 is 11.7 Å². The largest absolute Gasteiger partial charge is 0.417 e. The maximum absolute atomic E-state index is 11.7. The number of hydrogen-bond acceptors (Lipinski definition) is 6. The Labute approximate surface area is 97.9 Å². The zero-order valence-corrected chi connectivity index (χ0v) is 9.89. The number of amidine groups is 1. The number of aliphatic imine (C=N–C) groups is 1. The van der Waals surface area contributed by atoms with Crippen LogP contribution in [-0.2, 0) is 0 Å². The molecule has 1 heterocycles. The molecule has 4 N–H and O–H groups in total. The van der Waals surface area contributed by atoms with Crippen LogP contribution in [0.15, 0.2) is 9.41 Å². The number of aliphatic hydroxyl groups is 1. The summed E-state index contributed by atoms with van der Waals surface area (Å²) in [5.41, 5.74) is 4.69. The van der Waals surface area contributed by atoms with E-state index in [4.69, 9.17) is 15.3 Å². The first kappa shape index (κ1) is 13.1. The average molecular weight is 241 g/mol. The summed E-state index contributed by atoms with van der Waals surface area (Å²) in [6, 6.07) is 0. The van der Waals surface area contributed by atoms with Crippen molar-refractivity contribution in [3.8, 4) is 0 Å². The third-order valence-electron chi connectivity index (χ3n) is 2.03. The van der Waals surface area contributed by atoms with Gasteiger partial charge in [0.05, 0.1) is 5.54 Å². The van der Waals surface area contributed by atoms with E-state index in [1.807, 2.05) is 0 Å². The summed E-state index contributed by atoms with van der Waals surface area (Å²) in [7, 11) is 0. The summed E-state index contributed by atoms with van der Waals surface area (Å²) >= 11 is 0. The van der Waals surface area contributed by atoms with Crippen LogP contribution in [0.25, 0.3) is 0 Å². The molecule has 17 heavy (non-hydrogen) atoms. The molecule has 0 aliphatic rings. The standard InChI is InChI=1S/C9H15N5O3/c1-5-13-14-7(17-5)6(16)12-9(2,3)8(10)11-4-15/h15H,4H2,1-3H3,(H2,10,11)(H,12,16). The van der Waals surface area contributed by atoms with Crippen molar-refractivity contribution in [1.29, 1.82) is 0 Å². The molecular weight excluding hydrogens is 226 g/mol. The molecule has 0 atom stereocenters. The first-order valence-corrected chi connectivity index (χ1v) is 4.90. The van der Waals surface area contributed by atoms with Gasteiger partial charge < -0.3 is 20.6 Å². The van der Waals surface area contributed by atoms with E-state index in [1.165, 1.54) is 0 Å². The predicted octanol–water partition coefficient (Wildman–Crippen LogP) is -0.807. The summed E-state index contributed by atoms with van der Waals surface area (Å²) < 4.78 is 4.97. The van der Waals surface area contributed by atoms with Crippen molar-refractivity contribution in [2.75, 3.05) is 6.73 Å². The van der Waals surface area contributed by atoms with Crippen LogP contribution in [0.1, 0.15) is 30.4 Å². The van der Waals surface area contributed by atoms with Gasteiger partial charge in [-0.25, -0.2) is 4.99 Å². The van der Waals surface area contributed by atoms with Gasteiger partial charge in [-0.05, 0) is 13.8 Å². The molecule has 8 heteroatoms. The van der Waals surface area contributed by atoms with Crippen molar-refractivity contribution in [3.63, 3.8) is 0 Å². The molecule has 0 radical (unpaired) electrons. The van der Waals surface area contributed by atoms with Crippen LogP contribution in [0.3, 0.4) is 0 Å². The predicted molar refractivity (Wildman–Crippen MR) is 59.3 cm³/mol. The second-order valence-electron chi connectivity index (χ2n) is 3.89. The molecule has 1 rings (SSSR count). The van der Waals surface area contributed by atoms with Crippen molar-refractivity contribution < 1.29 is 14.3 Å². The maximum Gasteiger partial charge on any atom is 0.309 e. The van der Waals surface area contributed by atoms with Crippen LogP contribution < -0.4 is 11.1 Å². The van der Waals surface area contributed by atoms with Gasteiger partial charge in [0.1, 0.15) is 12.6 Å². The lowest BCUT2D eigenvalue weighted by molar-refractivity contribution is 0.0894. The molecule has 0 aliphatic carbocycles. The Morgan fingerprint density at radius 3 is 2.71 bits per heavy atom. The topological polar surface area (TPSA) is 127 Å². The molecule has 8 nitrogen and oxygen atoms in total. The van der Waals surface area contributed by atoms with Gasteiger partial charge in [0.15, 0.2) is 0 Å². The molecule has 1 aromatic rings. The Morgan fingerprint density at radius 2 is 2.24 bits per heavy atom. The summed E-state index contributed by atoms with van der Waals surface area (Å²) in [5.74, 6) is -0.298. The number of carbonyl (C=O) groups excluding carboxylic acids is 1. The van der Waals surface area contributed by atoms with Gasteiger partial charge in [0.25, 0.3) is 0 Å². The minimum Gasteiger partial charge on any atom is -0.417 e. The highest BCUT2D eigenvalue weighted by atomic mass is 16.4. The number of carbonyl (C=O) groups is 1. The van der Waals surface area contributed by atoms with Crippen molar-refractivity contribution in [2.24, 2.45) is 10.7 Å². The lowest BCUT2D eigenvalue weighted by atomic mass is 10.0. The minimum absolute atomic E-state index is 0.101. The van der Waals surface area contributed by atoms with E-state index in [0.717, 1.165) is 0 Å². The van der Waals surface area contributed by atoms with Crippen molar-refractivity contribution in [3.05, 3.63) is 11.8 Å². The number of nitrogens with one attached hydrogen (secondary N) is 1. The van der Waals surface area contributed by atoms with Gasteiger partial charge in [0, 0.05) is 6.92 Å². The monoisotopic (exact) mass is 241 g/mol. The number of amides is 1. The van der Waals surface area contributed by atoms with Gasteiger partial charge in [-0.15, -0.1) is 10.2 Å². The van der Waals surface area contributed by atoms with Crippen LogP contribution in [0, 0.1) is 6.92 Å². The first-order chi connectivity index (χ1) is 7.86. The van der Waals surface area contributed by atoms with Gasteiger partial charge >= 0.3 is 11.8 Å². The highest BCUT2D eigenvalue weighted by Gasteiger charge is 2.27. The molecular formula is C9H15N5O3. The molecule has 0 saturated heterocycles. The van der Waals surface area contributed by atoms with E-state index in [1.54, 1.807) is 20.8 Å². The minimum atomic E-state index is -0.914. The number of aryl methyl sites for hydroxylation is 1. The summed E-state index contributed by atoms with van der Waals surface area (Å²) in [4.78, 5) is 15.3. The number of aromatic nitrogens is 2. The van der Waals surface area contributed by atoms with Crippen molar-refractivity contribution in [1.82, 2.24) is 15.5 Å². The number of aliphatic hydroxyl groups excluding tert-OH is 1. The number of nitrogens with zero attached hydrogens (tertiary/aromatic N) is 3. The van der Waals surface area contributed by atoms with E-state index in [9.17, 15) is 4.79 Å². The van der Waals surface area contributed by atoms with E-state index in [0.29, 0.717) is 5.89 Å². The van der Waals surface area contributed by atoms with E-state index in [2.05, 4.69) is 20.5 Å². The van der Waals surface area contributed by atoms with Crippen LogP contribution in [0.5, 0.6) is 0 Å². The number of rotatable bonds is 4. The molecule has 0 saturated carbocycles. The van der Waals surface area contributed by atoms with Gasteiger partial charge in [-0.1, -0.05) is 0 Å². The van der Waals surface area contributed by atoms with Crippen LogP contribution in [0.4, 0.5) is 0 Å². The third-order valence-corrected chi connectivity index (χ3v) is 2.03. The van der Waals surface area contributed by atoms with Crippen molar-refractivity contribution in [2.45, 2.75) is 26.3 Å². The maximum atomic E-state index is 11.7. The highest BCUT2D eigenvalue weighted by Crippen LogP contribution is 2.05. The highest BCUT2D eigenvalue weighted by molar-refractivity contribution is 5.97. The Bertz CT molecular complexity index is 438. The lowest BCUT2D eigenvalue weighted by Gasteiger charge is -2.24. The Hall–Kier alpha value is -1.96. The summed E-state index contributed by atoms with van der Waals surface area (Å²) in [6.45, 7) is 4.42. The summed E-state index contributed by atoms with van der Waals surface area (Å²) in [5, 5.41) is 18.3. The molecule has 0 aliphatic heterocycles. The second kappa shape index (κ2) is 4.91. The van der Waals surface area contributed by atoms with Crippen LogP contribution in [0.2, 0.25) is 0 Å². The smallest absolute Gasteiger partial charge is 0.309 e. The number of hydrogen-bond donors (Lipinski definition) is 3. The fourth-order valence-corrected chi connectivity index (χ4v) is 1.06. The first-order valence-electron chi connectivity index (χ1n) is 4.90. The van der Waals surface area contributed by atoms with E-state index >= 15 is 0 Å². The van der Waals surface area contributed by atoms with Gasteiger partial charge in [-0.2, -0.15) is 0 Å². The Balaban J connectivity index is 2.77. The molecule has 0 spiro atoms. The fraction of sp³-hybridized carbons (Fsp3) is 0.556. The third kappa shape index (κ3) is 3.25. The fourth-order valence-electron chi connectivity index (χ4n) is 1.06. The molecule has 1 aromatic heterocycles. The van der Waals surface area contributed by atoms with E-state index in [-0.39, 0.29) is 11.7 Å². The summed E-state index contributed by atoms with van der Waals surface area (Å²) in [6.07, 6.45) is 0. The number of nitrogens with two attached hydrogens (primary N) is 1. The Morgan fingerprint density at radius 1 is 1.59 bits per heavy atom. The second-order valence-corrected chi connectivity index (χ2v) is 3.89. The zero-order chi connectivity index (χ0) is 13.1. The van der Waals surface area contributed by atoms with E-state index < -0.39 is 18.2 Å². The normalized spacial score (nSPS) is 12.6. The molecule has 0 aromatic carbocycles. The van der Waals surface area contributed by atoms with Crippen LogP contribution in [-0.4, -0.2) is 39.3 Å². The lowest BCUT2D eigenvalue weighted by Crippen LogP contribution is -2.53. The van der Waals surface area contributed by atoms with Gasteiger partial charge in [-0.3, -0.25) is 4.79 Å².